The first kappa shape index (κ1) is 21.2. The second kappa shape index (κ2) is 9.07. The number of fused-ring (bicyclic) bond motifs is 1. The van der Waals surface area contributed by atoms with Gasteiger partial charge < -0.3 is 15.4 Å². The molecule has 2 N–H and O–H groups in total. The normalized spacial score (nSPS) is 15.5. The van der Waals surface area contributed by atoms with E-state index < -0.39 is 17.0 Å². The molecule has 2 amide bonds. The Balaban J connectivity index is 1.69. The Morgan fingerprint density at radius 1 is 0.853 bits per heavy atom. The lowest BCUT2D eigenvalue weighted by atomic mass is 9.92. The fourth-order valence-corrected chi connectivity index (χ4v) is 4.22. The number of benzene rings is 4. The zero-order valence-electron chi connectivity index (χ0n) is 18.1. The van der Waals surface area contributed by atoms with E-state index in [1.54, 1.807) is 30.3 Å². The minimum absolute atomic E-state index is 0.147. The van der Waals surface area contributed by atoms with Gasteiger partial charge >= 0.3 is 6.03 Å². The maximum Gasteiger partial charge on any atom is 0.320 e. The van der Waals surface area contributed by atoms with E-state index in [1.165, 1.54) is 0 Å². The molecular weight excluding hydrogens is 430 g/mol. The summed E-state index contributed by atoms with van der Waals surface area (Å²) in [6, 6.07) is 28.2. The number of nitrogens with one attached hydrogen (secondary N) is 2. The summed E-state index contributed by atoms with van der Waals surface area (Å²) in [7, 11) is 0. The topological polar surface area (TPSA) is 93.5 Å². The molecule has 5 rings (SSSR count). The average Bonchev–Trinajstić information content (AvgIpc) is 2.87. The van der Waals surface area contributed by atoms with Gasteiger partial charge in [0.2, 0.25) is 0 Å². The van der Waals surface area contributed by atoms with Crippen molar-refractivity contribution in [3.05, 3.63) is 130 Å². The van der Waals surface area contributed by atoms with Gasteiger partial charge in [-0.1, -0.05) is 91.0 Å². The molecule has 1 heterocycles. The van der Waals surface area contributed by atoms with Gasteiger partial charge in [0, 0.05) is 11.1 Å². The molecule has 7 heteroatoms. The molecule has 0 fully saturated rings. The Morgan fingerprint density at radius 3 is 2.26 bits per heavy atom. The van der Waals surface area contributed by atoms with E-state index in [0.717, 1.165) is 16.3 Å². The predicted molar refractivity (Wildman–Crippen MR) is 129 cm³/mol. The van der Waals surface area contributed by atoms with Gasteiger partial charge in [-0.05, 0) is 22.4 Å². The molecule has 0 saturated carbocycles. The predicted octanol–water partition coefficient (Wildman–Crippen LogP) is 5.42. The summed E-state index contributed by atoms with van der Waals surface area (Å²) in [5, 5.41) is 19.4. The lowest BCUT2D eigenvalue weighted by Gasteiger charge is -2.27. The van der Waals surface area contributed by atoms with Crippen LogP contribution in [-0.4, -0.2) is 11.0 Å². The van der Waals surface area contributed by atoms with E-state index >= 15 is 0 Å². The zero-order valence-corrected chi connectivity index (χ0v) is 18.1. The summed E-state index contributed by atoms with van der Waals surface area (Å²) in [5.41, 5.74) is 2.09. The van der Waals surface area contributed by atoms with E-state index in [-0.39, 0.29) is 18.0 Å². The monoisotopic (exact) mass is 451 g/mol. The molecule has 34 heavy (non-hydrogen) atoms. The van der Waals surface area contributed by atoms with Crippen molar-refractivity contribution < 1.29 is 14.5 Å². The van der Waals surface area contributed by atoms with Crippen molar-refractivity contribution in [2.24, 2.45) is 0 Å². The van der Waals surface area contributed by atoms with E-state index in [0.29, 0.717) is 16.9 Å². The third-order valence-electron chi connectivity index (χ3n) is 5.76. The lowest BCUT2D eigenvalue weighted by molar-refractivity contribution is -0.430. The average molecular weight is 451 g/mol. The van der Waals surface area contributed by atoms with Crippen LogP contribution in [0.2, 0.25) is 0 Å². The van der Waals surface area contributed by atoms with Gasteiger partial charge in [-0.15, -0.1) is 0 Å². The molecular formula is C27H21N3O4. The number of amides is 2. The van der Waals surface area contributed by atoms with Crippen molar-refractivity contribution in [2.45, 2.75) is 12.6 Å². The Kier molecular flexibility index (Phi) is 5.66. The second-order valence-corrected chi connectivity index (χ2v) is 7.89. The van der Waals surface area contributed by atoms with Gasteiger partial charge in [0.15, 0.2) is 6.04 Å². The van der Waals surface area contributed by atoms with Crippen molar-refractivity contribution in [1.29, 1.82) is 0 Å². The molecule has 0 saturated heterocycles. The van der Waals surface area contributed by atoms with Crippen molar-refractivity contribution in [1.82, 2.24) is 10.6 Å². The van der Waals surface area contributed by atoms with Crippen LogP contribution in [0.3, 0.4) is 0 Å². The van der Waals surface area contributed by atoms with Crippen LogP contribution in [0, 0.1) is 10.1 Å². The van der Waals surface area contributed by atoms with Crippen LogP contribution in [0.1, 0.15) is 22.7 Å². The van der Waals surface area contributed by atoms with E-state index in [4.69, 9.17) is 4.74 Å². The van der Waals surface area contributed by atoms with Crippen LogP contribution in [0.15, 0.2) is 103 Å². The molecule has 1 aliphatic heterocycles. The quantitative estimate of drug-likeness (QED) is 0.302. The Labute approximate surface area is 195 Å². The summed E-state index contributed by atoms with van der Waals surface area (Å²) in [6.45, 7) is 0.286. The molecule has 0 aliphatic carbocycles. The first-order valence-corrected chi connectivity index (χ1v) is 10.8. The summed E-state index contributed by atoms with van der Waals surface area (Å²) in [4.78, 5) is 24.6. The Hall–Kier alpha value is -4.65. The molecule has 1 aliphatic rings. The number of rotatable bonds is 6. The minimum atomic E-state index is -1.02. The van der Waals surface area contributed by atoms with Crippen molar-refractivity contribution in [3.63, 3.8) is 0 Å². The van der Waals surface area contributed by atoms with Gasteiger partial charge in [-0.25, -0.2) is 4.79 Å². The van der Waals surface area contributed by atoms with Gasteiger partial charge in [-0.3, -0.25) is 10.1 Å². The van der Waals surface area contributed by atoms with E-state index in [1.807, 2.05) is 66.7 Å². The number of nitro groups is 1. The van der Waals surface area contributed by atoms with Crippen LogP contribution in [-0.2, 0) is 6.61 Å². The maximum atomic E-state index is 12.7. The van der Waals surface area contributed by atoms with E-state index in [9.17, 15) is 14.9 Å². The van der Waals surface area contributed by atoms with Crippen LogP contribution in [0.5, 0.6) is 5.75 Å². The molecule has 4 aromatic rings. The number of hydrogen-bond donors (Lipinski definition) is 2. The molecule has 0 radical (unpaired) electrons. The highest BCUT2D eigenvalue weighted by Gasteiger charge is 2.40. The van der Waals surface area contributed by atoms with Crippen molar-refractivity contribution in [3.8, 4) is 5.75 Å². The zero-order chi connectivity index (χ0) is 23.5. The summed E-state index contributed by atoms with van der Waals surface area (Å²) in [6.07, 6.45) is 0. The number of carbonyl (C=O) groups excluding carboxylic acids is 1. The molecule has 1 unspecified atom stereocenters. The molecule has 168 valence electrons. The largest absolute Gasteiger partial charge is 0.489 e. The fraction of sp³-hybridized carbons (Fsp3) is 0.0741. The van der Waals surface area contributed by atoms with Crippen LogP contribution in [0.25, 0.3) is 16.5 Å². The number of carbonyl (C=O) groups is 1. The van der Waals surface area contributed by atoms with Gasteiger partial charge in [0.1, 0.15) is 18.1 Å². The number of nitrogens with zero attached hydrogens (tertiary/aromatic N) is 1. The molecule has 4 aromatic carbocycles. The molecule has 1 atom stereocenters. The Bertz CT molecular complexity index is 1400. The van der Waals surface area contributed by atoms with Crippen molar-refractivity contribution >= 4 is 22.5 Å². The molecule has 0 bridgehead atoms. The summed E-state index contributed by atoms with van der Waals surface area (Å²) in [5.74, 6) is 0.474. The SMILES string of the molecule is O=C1NC(c2ccccc2)=C([N+](=O)[O-])C(c2c(OCc3ccccc3)ccc3ccccc23)N1. The highest BCUT2D eigenvalue weighted by atomic mass is 16.6. The molecule has 0 aromatic heterocycles. The highest BCUT2D eigenvalue weighted by molar-refractivity contribution is 5.93. The number of ether oxygens (including phenoxy) is 1. The van der Waals surface area contributed by atoms with Crippen LogP contribution < -0.4 is 15.4 Å². The lowest BCUT2D eigenvalue weighted by Crippen LogP contribution is -2.45. The number of hydrogen-bond acceptors (Lipinski definition) is 4. The smallest absolute Gasteiger partial charge is 0.320 e. The standard InChI is InChI=1S/C27H21N3O4/c31-27-28-24(20-12-5-2-6-13-20)26(30(32)33)25(29-27)23-21-14-8-7-11-19(21)15-16-22(23)34-17-18-9-3-1-4-10-18/h1-16,25H,17H2,(H2,28,29,31). The molecule has 7 nitrogen and oxygen atoms in total. The summed E-state index contributed by atoms with van der Waals surface area (Å²) < 4.78 is 6.17. The third kappa shape index (κ3) is 4.06. The highest BCUT2D eigenvalue weighted by Crippen LogP contribution is 2.40. The van der Waals surface area contributed by atoms with Gasteiger partial charge in [0.25, 0.3) is 5.70 Å². The summed E-state index contributed by atoms with van der Waals surface area (Å²) >= 11 is 0. The van der Waals surface area contributed by atoms with Crippen molar-refractivity contribution in [2.75, 3.05) is 0 Å². The first-order chi connectivity index (χ1) is 16.6. The van der Waals surface area contributed by atoms with Gasteiger partial charge in [-0.2, -0.15) is 0 Å². The van der Waals surface area contributed by atoms with Crippen LogP contribution in [0.4, 0.5) is 4.79 Å². The third-order valence-corrected chi connectivity index (χ3v) is 5.76. The first-order valence-electron chi connectivity index (χ1n) is 10.8. The Morgan fingerprint density at radius 2 is 1.53 bits per heavy atom. The minimum Gasteiger partial charge on any atom is -0.489 e. The second-order valence-electron chi connectivity index (χ2n) is 7.89. The molecule has 0 spiro atoms. The number of urea groups is 1. The van der Waals surface area contributed by atoms with E-state index in [2.05, 4.69) is 10.6 Å². The fourth-order valence-electron chi connectivity index (χ4n) is 4.22. The van der Waals surface area contributed by atoms with Crippen LogP contribution >= 0.6 is 0 Å². The maximum absolute atomic E-state index is 12.7. The van der Waals surface area contributed by atoms with Gasteiger partial charge in [0.05, 0.1) is 4.92 Å².